The van der Waals surface area contributed by atoms with Crippen LogP contribution in [0.5, 0.6) is 0 Å². The molecule has 0 N–H and O–H groups in total. The second-order valence-electron chi connectivity index (χ2n) is 7.55. The lowest BCUT2D eigenvalue weighted by molar-refractivity contribution is -0.158. The molecule has 18 heavy (non-hydrogen) atoms. The molecule has 4 saturated carbocycles. The highest BCUT2D eigenvalue weighted by Gasteiger charge is 2.55. The van der Waals surface area contributed by atoms with E-state index in [0.29, 0.717) is 5.91 Å². The van der Waals surface area contributed by atoms with E-state index >= 15 is 0 Å². The Balaban J connectivity index is 1.57. The van der Waals surface area contributed by atoms with E-state index in [1.165, 1.54) is 57.8 Å². The van der Waals surface area contributed by atoms with E-state index in [0.717, 1.165) is 30.8 Å². The van der Waals surface area contributed by atoms with Crippen molar-refractivity contribution in [3.63, 3.8) is 0 Å². The van der Waals surface area contributed by atoms with Gasteiger partial charge >= 0.3 is 0 Å². The van der Waals surface area contributed by atoms with Gasteiger partial charge in [-0.15, -0.1) is 0 Å². The minimum absolute atomic E-state index is 0.103. The van der Waals surface area contributed by atoms with E-state index in [2.05, 4.69) is 4.90 Å². The minimum Gasteiger partial charge on any atom is -0.342 e. The molecule has 5 fully saturated rings. The Bertz CT molecular complexity index is 321. The minimum atomic E-state index is 0.103. The summed E-state index contributed by atoms with van der Waals surface area (Å²) in [5.41, 5.74) is 0.103. The number of rotatable bonds is 1. The molecular formula is C16H25NO. The van der Waals surface area contributed by atoms with Gasteiger partial charge in [0.05, 0.1) is 5.41 Å². The zero-order valence-corrected chi connectivity index (χ0v) is 11.4. The number of carbonyl (C=O) groups excluding carboxylic acids is 1. The lowest BCUT2D eigenvalue weighted by Gasteiger charge is -2.56. The Kier molecular flexibility index (Phi) is 2.50. The van der Waals surface area contributed by atoms with Crippen LogP contribution in [0.2, 0.25) is 0 Å². The van der Waals surface area contributed by atoms with Crippen molar-refractivity contribution >= 4 is 5.91 Å². The van der Waals surface area contributed by atoms with Crippen LogP contribution in [0, 0.1) is 23.2 Å². The molecule has 1 saturated heterocycles. The van der Waals surface area contributed by atoms with Crippen LogP contribution < -0.4 is 0 Å². The van der Waals surface area contributed by atoms with Crippen LogP contribution in [-0.4, -0.2) is 23.9 Å². The summed E-state index contributed by atoms with van der Waals surface area (Å²) >= 11 is 0. The molecule has 0 unspecified atom stereocenters. The van der Waals surface area contributed by atoms with Crippen LogP contribution in [0.25, 0.3) is 0 Å². The normalized spacial score (nSPS) is 46.4. The predicted octanol–water partition coefficient (Wildman–Crippen LogP) is 3.22. The monoisotopic (exact) mass is 246 g/mol. The van der Waals surface area contributed by atoms with E-state index < -0.39 is 0 Å². The Morgan fingerprint density at radius 1 is 0.833 bits per heavy atom. The van der Waals surface area contributed by atoms with Gasteiger partial charge in [-0.25, -0.2) is 0 Å². The standard InChI is InChI=1S/C16H25NO/c18-15(17-4-2-1-3-5-17)16-9-12-6-13(10-16)8-14(7-12)11-16/h12-14H,1-11H2/i15-1. The van der Waals surface area contributed by atoms with Gasteiger partial charge in [0, 0.05) is 13.1 Å². The smallest absolute Gasteiger partial charge is 0.228 e. The number of likely N-dealkylation sites (tertiary alicyclic amines) is 1. The summed E-state index contributed by atoms with van der Waals surface area (Å²) in [4.78, 5) is 15.2. The summed E-state index contributed by atoms with van der Waals surface area (Å²) in [6.07, 6.45) is 11.8. The summed E-state index contributed by atoms with van der Waals surface area (Å²) in [5, 5.41) is 0. The highest BCUT2D eigenvalue weighted by Crippen LogP contribution is 2.60. The number of hydrogen-bond donors (Lipinski definition) is 0. The van der Waals surface area contributed by atoms with Crippen molar-refractivity contribution in [1.82, 2.24) is 4.90 Å². The van der Waals surface area contributed by atoms with E-state index in [4.69, 9.17) is 0 Å². The number of nitrogens with zero attached hydrogens (tertiary/aromatic N) is 1. The number of piperidine rings is 1. The molecule has 4 bridgehead atoms. The third-order valence-electron chi connectivity index (χ3n) is 6.14. The molecule has 0 aromatic rings. The van der Waals surface area contributed by atoms with Crippen LogP contribution in [0.4, 0.5) is 0 Å². The van der Waals surface area contributed by atoms with E-state index in [9.17, 15) is 4.79 Å². The zero-order chi connectivity index (χ0) is 12.2. The van der Waals surface area contributed by atoms with Crippen molar-refractivity contribution in [2.45, 2.75) is 57.8 Å². The average Bonchev–Trinajstić information content (AvgIpc) is 2.37. The fourth-order valence-corrected chi connectivity index (χ4v) is 5.80. The van der Waals surface area contributed by atoms with Gasteiger partial charge in [-0.1, -0.05) is 0 Å². The molecule has 1 aliphatic heterocycles. The maximum Gasteiger partial charge on any atom is 0.228 e. The van der Waals surface area contributed by atoms with Gasteiger partial charge in [0.2, 0.25) is 5.91 Å². The van der Waals surface area contributed by atoms with Crippen LogP contribution in [0.3, 0.4) is 0 Å². The van der Waals surface area contributed by atoms with Crippen molar-refractivity contribution in [3.05, 3.63) is 0 Å². The van der Waals surface area contributed by atoms with Crippen molar-refractivity contribution in [1.29, 1.82) is 0 Å². The average molecular weight is 246 g/mol. The maximum absolute atomic E-state index is 13.0. The molecule has 5 aliphatic rings. The lowest BCUT2D eigenvalue weighted by atomic mass is 9.41. The van der Waals surface area contributed by atoms with Gasteiger partial charge in [0.15, 0.2) is 0 Å². The van der Waals surface area contributed by atoms with Crippen molar-refractivity contribution < 1.29 is 4.79 Å². The lowest BCUT2D eigenvalue weighted by Crippen LogP contribution is -2.55. The summed E-state index contributed by atoms with van der Waals surface area (Å²) < 4.78 is 0. The summed E-state index contributed by atoms with van der Waals surface area (Å²) in [7, 11) is 0. The molecule has 0 atom stereocenters. The highest BCUT2D eigenvalue weighted by molar-refractivity contribution is 5.83. The fourth-order valence-electron chi connectivity index (χ4n) is 5.80. The van der Waals surface area contributed by atoms with Gasteiger partial charge in [0.25, 0.3) is 0 Å². The van der Waals surface area contributed by atoms with Gasteiger partial charge < -0.3 is 4.90 Å². The van der Waals surface area contributed by atoms with E-state index in [1.54, 1.807) is 0 Å². The van der Waals surface area contributed by atoms with E-state index in [1.807, 2.05) is 0 Å². The molecule has 0 aromatic carbocycles. The summed E-state index contributed by atoms with van der Waals surface area (Å²) in [5.74, 6) is 3.24. The van der Waals surface area contributed by atoms with Crippen LogP contribution >= 0.6 is 0 Å². The largest absolute Gasteiger partial charge is 0.342 e. The molecule has 4 aliphatic carbocycles. The Hall–Kier alpha value is -0.530. The van der Waals surface area contributed by atoms with Crippen LogP contribution in [0.1, 0.15) is 57.8 Å². The second-order valence-corrected chi connectivity index (χ2v) is 7.55. The molecule has 0 spiro atoms. The summed E-state index contributed by atoms with van der Waals surface area (Å²) in [6, 6.07) is 0. The van der Waals surface area contributed by atoms with Crippen molar-refractivity contribution in [3.8, 4) is 0 Å². The molecule has 1 amide bonds. The molecule has 0 radical (unpaired) electrons. The highest BCUT2D eigenvalue weighted by atomic mass is 16.1. The zero-order valence-electron chi connectivity index (χ0n) is 11.4. The molecule has 5 rings (SSSR count). The fraction of sp³-hybridized carbons (Fsp3) is 0.938. The Morgan fingerprint density at radius 2 is 1.33 bits per heavy atom. The molecule has 1 heterocycles. The van der Waals surface area contributed by atoms with E-state index in [-0.39, 0.29) is 5.41 Å². The Labute approximate surface area is 110 Å². The van der Waals surface area contributed by atoms with Gasteiger partial charge in [0.1, 0.15) is 0 Å². The number of amides is 1. The Morgan fingerprint density at radius 3 is 1.83 bits per heavy atom. The predicted molar refractivity (Wildman–Crippen MR) is 71.0 cm³/mol. The van der Waals surface area contributed by atoms with Gasteiger partial charge in [-0.3, -0.25) is 4.79 Å². The number of hydrogen-bond acceptors (Lipinski definition) is 1. The van der Waals surface area contributed by atoms with Crippen LogP contribution in [0.15, 0.2) is 0 Å². The van der Waals surface area contributed by atoms with Gasteiger partial charge in [-0.2, -0.15) is 0 Å². The molecule has 2 heteroatoms. The molecule has 2 nitrogen and oxygen atoms in total. The van der Waals surface area contributed by atoms with Crippen LogP contribution in [-0.2, 0) is 4.79 Å². The first kappa shape index (κ1) is 11.3. The first-order chi connectivity index (χ1) is 8.75. The molecule has 0 aromatic heterocycles. The second kappa shape index (κ2) is 3.98. The molecular weight excluding hydrogens is 221 g/mol. The summed E-state index contributed by atoms with van der Waals surface area (Å²) in [6.45, 7) is 2.08. The molecule has 100 valence electrons. The topological polar surface area (TPSA) is 20.3 Å². The first-order valence-corrected chi connectivity index (χ1v) is 8.05. The first-order valence-electron chi connectivity index (χ1n) is 8.05. The third-order valence-corrected chi connectivity index (χ3v) is 6.14. The van der Waals surface area contributed by atoms with Gasteiger partial charge in [-0.05, 0) is 75.5 Å². The SMILES string of the molecule is O=[11C](N1CCCCC1)C12CC3CC(CC(C3)C1)C2. The maximum atomic E-state index is 13.0. The van der Waals surface area contributed by atoms with Crippen molar-refractivity contribution in [2.24, 2.45) is 23.2 Å². The number of carbonyl (C=O) groups is 1. The quantitative estimate of drug-likeness (QED) is 0.695. The third kappa shape index (κ3) is 1.64. The van der Waals surface area contributed by atoms with Crippen molar-refractivity contribution in [2.75, 3.05) is 13.1 Å².